The summed E-state index contributed by atoms with van der Waals surface area (Å²) < 4.78 is 10.5. The van der Waals surface area contributed by atoms with Gasteiger partial charge in [0.15, 0.2) is 0 Å². The number of carbonyl (C=O) groups is 6. The van der Waals surface area contributed by atoms with Crippen molar-refractivity contribution >= 4 is 114 Å². The summed E-state index contributed by atoms with van der Waals surface area (Å²) in [7, 11) is 2.75. The molecular formula is C86H98N10Ni2O8. The average Bonchev–Trinajstić information content (AvgIpc) is 1.57. The Kier molecular flexibility index (Phi) is 25.2. The van der Waals surface area contributed by atoms with Gasteiger partial charge in [0, 0.05) is 71.9 Å². The van der Waals surface area contributed by atoms with Crippen LogP contribution in [0, 0.1) is 27.7 Å². The molecule has 16 bridgehead atoms. The minimum absolute atomic E-state index is 0. The number of aryl methyl sites for hydroxylation is 6. The van der Waals surface area contributed by atoms with E-state index in [4.69, 9.17) is 49.3 Å². The number of amides is 4. The summed E-state index contributed by atoms with van der Waals surface area (Å²) in [5, 5.41) is 0. The molecule has 6 aromatic heterocycles. The Morgan fingerprint density at radius 3 is 1.14 bits per heavy atom. The van der Waals surface area contributed by atoms with Crippen molar-refractivity contribution in [1.82, 2.24) is 49.7 Å². The van der Waals surface area contributed by atoms with Crippen molar-refractivity contribution in [1.29, 1.82) is 0 Å². The van der Waals surface area contributed by atoms with E-state index in [0.29, 0.717) is 118 Å². The van der Waals surface area contributed by atoms with Gasteiger partial charge in [-0.25, -0.2) is 9.97 Å². The van der Waals surface area contributed by atoms with E-state index in [2.05, 4.69) is 95.2 Å². The van der Waals surface area contributed by atoms with Gasteiger partial charge in [0.2, 0.25) is 0 Å². The molecule has 6 aliphatic rings. The molecule has 106 heavy (non-hydrogen) atoms. The molecule has 0 aromatic carbocycles. The van der Waals surface area contributed by atoms with Gasteiger partial charge in [0.05, 0.1) is 59.8 Å². The molecule has 6 aromatic rings. The van der Waals surface area contributed by atoms with Gasteiger partial charge in [-0.1, -0.05) is 188 Å². The van der Waals surface area contributed by atoms with Crippen LogP contribution >= 0.6 is 0 Å². The fraction of sp³-hybridized carbons (Fsp3) is 0.442. The van der Waals surface area contributed by atoms with Gasteiger partial charge in [0.1, 0.15) is 0 Å². The fourth-order valence-corrected chi connectivity index (χ4v) is 16.6. The fourth-order valence-electron chi connectivity index (χ4n) is 16.6. The molecule has 0 aliphatic carbocycles. The maximum absolute atomic E-state index is 15.6. The predicted octanol–water partition coefficient (Wildman–Crippen LogP) is 17.8. The third-order valence-electron chi connectivity index (χ3n) is 22.7. The van der Waals surface area contributed by atoms with Gasteiger partial charge < -0.3 is 29.4 Å². The average molecular weight is 1520 g/mol. The van der Waals surface area contributed by atoms with Crippen LogP contribution in [-0.2, 0) is 64.9 Å². The van der Waals surface area contributed by atoms with Crippen LogP contribution in [-0.4, -0.2) is 92.6 Å². The molecular weight excluding hydrogens is 1420 g/mol. The van der Waals surface area contributed by atoms with Crippen molar-refractivity contribution in [2.45, 2.75) is 223 Å². The van der Waals surface area contributed by atoms with Crippen molar-refractivity contribution in [3.63, 3.8) is 0 Å². The molecule has 0 radical (unpaired) electrons. The Hall–Kier alpha value is -8.85. The van der Waals surface area contributed by atoms with E-state index in [9.17, 15) is 19.2 Å². The number of allylic oxidation sites excluding steroid dienone is 8. The molecule has 20 heteroatoms. The van der Waals surface area contributed by atoms with Crippen molar-refractivity contribution < 1.29 is 71.2 Å². The van der Waals surface area contributed by atoms with E-state index >= 15 is 9.59 Å². The molecule has 0 fully saturated rings. The molecule has 6 aliphatic heterocycles. The van der Waals surface area contributed by atoms with Crippen LogP contribution in [0.3, 0.4) is 0 Å². The molecule has 4 amide bonds. The van der Waals surface area contributed by atoms with Gasteiger partial charge in [-0.05, 0) is 126 Å². The van der Waals surface area contributed by atoms with Crippen LogP contribution < -0.4 is 19.9 Å². The molecule has 0 unspecified atom stereocenters. The van der Waals surface area contributed by atoms with Crippen LogP contribution in [0.5, 0.6) is 0 Å². The largest absolute Gasteiger partial charge is 2.00 e. The zero-order valence-electron chi connectivity index (χ0n) is 64.2. The first kappa shape index (κ1) is 79.7. The Bertz CT molecular complexity index is 4780. The monoisotopic (exact) mass is 1510 g/mol. The number of hydrogen-bond donors (Lipinski definition) is 0. The molecule has 560 valence electrons. The van der Waals surface area contributed by atoms with E-state index < -0.39 is 35.6 Å². The summed E-state index contributed by atoms with van der Waals surface area (Å²) in [6.07, 6.45) is 22.2. The van der Waals surface area contributed by atoms with E-state index in [1.165, 1.54) is 24.0 Å². The molecule has 0 spiro atoms. The first-order valence-corrected chi connectivity index (χ1v) is 37.8. The Balaban J connectivity index is 0.00000601. The number of hydrogen-bond acceptors (Lipinski definition) is 12. The smallest absolute Gasteiger partial charge is 0.657 e. The second-order valence-electron chi connectivity index (χ2n) is 28.7. The van der Waals surface area contributed by atoms with Crippen molar-refractivity contribution in [3.05, 3.63) is 161 Å². The standard InChI is InChI=1S/C86H102N10O8.2Ni/c1-17-23-25-31-39-95-83(99)71-51(13)63-43-65-53(19-3)45(7)61(87-65)41-67-55(21-5)47(9)75(91-67)59(77-49(11)57(35-37-69(97)103-15)79(93-77)73(85(95)101)81(71)89-63)33-29-27-28-30-34-60-76-48(10)56(22-6)68(92-76)42-62-46(8)54(20-4)66(88-62)44-64-52(14)72-82(90-64)74(86(102)96(84(72)100)40-32-26-24-18-2)80-58(36-38-70(98)104-16)50(12)78(60)94-80;;/h27-30,33-34,41-44,49-50,57-58H,17-26,31-32,35-40H2,1-16H3,(H4,87,88,89,90,91,92,93,94,99,100,101,102);;/q;2*+2/p-4/t49-,50-,57-,58-;;/m0../s1. The van der Waals surface area contributed by atoms with Gasteiger partial charge in [-0.2, -0.15) is 0 Å². The summed E-state index contributed by atoms with van der Waals surface area (Å²) in [6.45, 7) is 29.5. The van der Waals surface area contributed by atoms with Gasteiger partial charge in [0.25, 0.3) is 23.6 Å². The zero-order valence-corrected chi connectivity index (χ0v) is 66.2. The first-order chi connectivity index (χ1) is 50.1. The number of aromatic nitrogens is 8. The molecule has 0 N–H and O–H groups in total. The summed E-state index contributed by atoms with van der Waals surface area (Å²) in [5.74, 6) is -4.19. The Morgan fingerprint density at radius 2 is 0.792 bits per heavy atom. The van der Waals surface area contributed by atoms with Crippen molar-refractivity contribution in [2.75, 3.05) is 27.3 Å². The summed E-state index contributed by atoms with van der Waals surface area (Å²) >= 11 is 0. The van der Waals surface area contributed by atoms with Gasteiger partial charge >= 0.3 is 44.9 Å². The SMILES string of the molecule is CCCCCCN1C(=O)c2c3nc(c(/C=C/C=C/C=C/c4c5nc(c6c7[n-]c(cc8nc(cc9[n-]c4c(C)c9CC)C(C)=C8CC)c(C)c7C(=O)N(CCCCCC)C6=O)[C@@H](CCC(=O)OC)[C@@H]5C)c4[n-]c(cc5nc(cc6[n-]c2c(c6C)C1=O)C(CC)=C5C)c(CC)c4C)[C@@H](C)[C@@H]3CCC(=O)OC.[Ni+2].[Ni+2]. The maximum Gasteiger partial charge on any atom is 2.00 e. The third-order valence-corrected chi connectivity index (χ3v) is 22.7. The number of imide groups is 2. The quantitative estimate of drug-likeness (QED) is 0.0180. The second kappa shape index (κ2) is 33.5. The maximum atomic E-state index is 15.6. The van der Waals surface area contributed by atoms with Crippen LogP contribution in [0.2, 0.25) is 0 Å². The number of unbranched alkanes of at least 4 members (excludes halogenated alkanes) is 6. The third kappa shape index (κ3) is 14.4. The molecule has 18 nitrogen and oxygen atoms in total. The summed E-state index contributed by atoms with van der Waals surface area (Å²) in [6, 6.07) is 8.05. The number of carbonyl (C=O) groups excluding carboxylic acids is 6. The Labute approximate surface area is 642 Å². The summed E-state index contributed by atoms with van der Waals surface area (Å²) in [4.78, 5) is 134. The number of nitrogens with zero attached hydrogens (tertiary/aromatic N) is 10. The number of fused-ring (bicyclic) bond motifs is 16. The second-order valence-corrected chi connectivity index (χ2v) is 28.7. The van der Waals surface area contributed by atoms with Crippen LogP contribution in [0.25, 0.3) is 78.6 Å². The topological polar surface area (TPSA) is 235 Å². The zero-order chi connectivity index (χ0) is 74.3. The normalized spacial score (nSPS) is 17.1. The molecule has 0 saturated carbocycles. The van der Waals surface area contributed by atoms with E-state index in [1.54, 1.807) is 0 Å². The molecule has 0 saturated heterocycles. The van der Waals surface area contributed by atoms with E-state index in [-0.39, 0.29) is 105 Å². The number of ether oxygens (including phenoxy) is 2. The van der Waals surface area contributed by atoms with Crippen LogP contribution in [0.15, 0.2) is 48.6 Å². The first-order valence-electron chi connectivity index (χ1n) is 37.8. The Morgan fingerprint density at radius 1 is 0.434 bits per heavy atom. The molecule has 4 atom stereocenters. The minimum Gasteiger partial charge on any atom is -0.657 e. The van der Waals surface area contributed by atoms with Crippen molar-refractivity contribution in [3.8, 4) is 0 Å². The van der Waals surface area contributed by atoms with Gasteiger partial charge in [-0.3, -0.25) is 48.5 Å². The minimum atomic E-state index is -0.483. The predicted molar refractivity (Wildman–Crippen MR) is 412 cm³/mol. The molecule has 12 rings (SSSR count). The molecule has 12 heterocycles. The van der Waals surface area contributed by atoms with E-state index in [1.807, 2.05) is 62.4 Å². The number of esters is 2. The number of rotatable bonds is 24. The summed E-state index contributed by atoms with van der Waals surface area (Å²) in [5.41, 5.74) is 22.2. The number of methoxy groups -OCH3 is 2. The van der Waals surface area contributed by atoms with Crippen LogP contribution in [0.4, 0.5) is 0 Å². The van der Waals surface area contributed by atoms with E-state index in [0.717, 1.165) is 128 Å². The van der Waals surface area contributed by atoms with Gasteiger partial charge in [-0.15, -0.1) is 44.1 Å². The van der Waals surface area contributed by atoms with Crippen LogP contribution in [0.1, 0.15) is 314 Å². The van der Waals surface area contributed by atoms with Crippen molar-refractivity contribution in [2.24, 2.45) is 0 Å².